The molecule has 0 saturated carbocycles. The van der Waals surface area contributed by atoms with Crippen LogP contribution in [-0.4, -0.2) is 42.0 Å². The van der Waals surface area contributed by atoms with Gasteiger partial charge in [-0.05, 0) is 53.9 Å². The monoisotopic (exact) mass is 535 g/mol. The first kappa shape index (κ1) is 24.7. The second-order valence-electron chi connectivity index (χ2n) is 8.29. The number of halogens is 1. The Hall–Kier alpha value is -3.42. The number of ether oxygens (including phenoxy) is 2. The van der Waals surface area contributed by atoms with Crippen molar-refractivity contribution in [1.29, 1.82) is 0 Å². The van der Waals surface area contributed by atoms with Gasteiger partial charge in [-0.15, -0.1) is 0 Å². The van der Waals surface area contributed by atoms with E-state index in [4.69, 9.17) is 9.47 Å². The molecule has 0 aliphatic carbocycles. The number of aryl methyl sites for hydroxylation is 1. The van der Waals surface area contributed by atoms with Crippen LogP contribution in [0.3, 0.4) is 0 Å². The molecule has 0 unspecified atom stereocenters. The van der Waals surface area contributed by atoms with E-state index in [1.165, 1.54) is 12.0 Å². The zero-order valence-electron chi connectivity index (χ0n) is 19.5. The quantitative estimate of drug-likeness (QED) is 0.237. The summed E-state index contributed by atoms with van der Waals surface area (Å²) in [5, 5.41) is 11.3. The summed E-state index contributed by atoms with van der Waals surface area (Å²) in [7, 11) is 1.54. The van der Waals surface area contributed by atoms with E-state index in [-0.39, 0.29) is 24.5 Å². The van der Waals surface area contributed by atoms with Crippen LogP contribution < -0.4 is 4.74 Å². The number of nitrogens with zero attached hydrogens (tertiary/aromatic N) is 1. The van der Waals surface area contributed by atoms with Gasteiger partial charge in [-0.25, -0.2) is 0 Å². The highest BCUT2D eigenvalue weighted by atomic mass is 79.9. The van der Waals surface area contributed by atoms with Crippen LogP contribution in [0.4, 0.5) is 0 Å². The normalized spacial score (nSPS) is 17.1. The van der Waals surface area contributed by atoms with E-state index in [2.05, 4.69) is 15.9 Å². The Balaban J connectivity index is 1.70. The fourth-order valence-corrected chi connectivity index (χ4v) is 4.62. The number of carbonyl (C=O) groups is 2. The molecule has 0 spiro atoms. The van der Waals surface area contributed by atoms with Crippen LogP contribution in [0.25, 0.3) is 5.76 Å². The van der Waals surface area contributed by atoms with Crippen molar-refractivity contribution in [3.63, 3.8) is 0 Å². The van der Waals surface area contributed by atoms with Crippen molar-refractivity contribution in [3.8, 4) is 5.75 Å². The van der Waals surface area contributed by atoms with Gasteiger partial charge < -0.3 is 19.5 Å². The first-order valence-corrected chi connectivity index (χ1v) is 12.0. The average molecular weight is 536 g/mol. The van der Waals surface area contributed by atoms with E-state index in [0.29, 0.717) is 17.9 Å². The number of methoxy groups -OCH3 is 1. The van der Waals surface area contributed by atoms with Crippen molar-refractivity contribution < 1.29 is 24.2 Å². The first-order chi connectivity index (χ1) is 16.9. The molecule has 6 nitrogen and oxygen atoms in total. The third kappa shape index (κ3) is 5.31. The standard InChI is InChI=1S/C28H26BrNO5/c1-18-15-22(35-17-19-7-4-3-5-8-19)11-12-23(18)26(31)24-25(20-9-6-10-21(29)16-20)30(13-14-34-2)28(33)27(24)32/h3-12,15-16,25,31H,13-14,17H2,1-2H3/t25-/m1/s1. The molecule has 180 valence electrons. The maximum absolute atomic E-state index is 13.1. The van der Waals surface area contributed by atoms with Crippen molar-refractivity contribution >= 4 is 33.4 Å². The molecule has 1 heterocycles. The highest BCUT2D eigenvalue weighted by Gasteiger charge is 2.46. The molecule has 1 saturated heterocycles. The van der Waals surface area contributed by atoms with Crippen LogP contribution in [0.2, 0.25) is 0 Å². The molecule has 1 aliphatic heterocycles. The van der Waals surface area contributed by atoms with E-state index in [9.17, 15) is 14.7 Å². The summed E-state index contributed by atoms with van der Waals surface area (Å²) in [5.41, 5.74) is 3.02. The zero-order valence-corrected chi connectivity index (χ0v) is 21.1. The molecule has 0 radical (unpaired) electrons. The second-order valence-corrected chi connectivity index (χ2v) is 9.21. The summed E-state index contributed by atoms with van der Waals surface area (Å²) < 4.78 is 11.9. The number of ketones is 1. The van der Waals surface area contributed by atoms with Gasteiger partial charge >= 0.3 is 0 Å². The predicted molar refractivity (Wildman–Crippen MR) is 137 cm³/mol. The smallest absolute Gasteiger partial charge is 0.295 e. The summed E-state index contributed by atoms with van der Waals surface area (Å²) in [6.45, 7) is 2.74. The lowest BCUT2D eigenvalue weighted by Crippen LogP contribution is -2.32. The zero-order chi connectivity index (χ0) is 24.9. The third-order valence-electron chi connectivity index (χ3n) is 5.94. The van der Waals surface area contributed by atoms with Gasteiger partial charge in [0.15, 0.2) is 0 Å². The van der Waals surface area contributed by atoms with Crippen LogP contribution in [0.5, 0.6) is 5.75 Å². The van der Waals surface area contributed by atoms with Gasteiger partial charge in [0.2, 0.25) is 0 Å². The van der Waals surface area contributed by atoms with Gasteiger partial charge in [-0.1, -0.05) is 58.4 Å². The van der Waals surface area contributed by atoms with E-state index >= 15 is 0 Å². The number of rotatable bonds is 8. The summed E-state index contributed by atoms with van der Waals surface area (Å²) in [5.74, 6) is -0.936. The Morgan fingerprint density at radius 3 is 2.49 bits per heavy atom. The molecule has 4 rings (SSSR count). The number of Topliss-reactive ketones (excluding diaryl/α,β-unsaturated/α-hetero) is 1. The second kappa shape index (κ2) is 10.9. The van der Waals surface area contributed by atoms with E-state index in [1.54, 1.807) is 12.1 Å². The summed E-state index contributed by atoms with van der Waals surface area (Å²) in [6.07, 6.45) is 0. The van der Waals surface area contributed by atoms with E-state index < -0.39 is 17.7 Å². The maximum Gasteiger partial charge on any atom is 0.295 e. The Morgan fingerprint density at radius 2 is 1.80 bits per heavy atom. The van der Waals surface area contributed by atoms with Crippen molar-refractivity contribution in [2.45, 2.75) is 19.6 Å². The summed E-state index contributed by atoms with van der Waals surface area (Å²) in [4.78, 5) is 27.5. The van der Waals surface area contributed by atoms with Crippen molar-refractivity contribution in [3.05, 3.63) is 105 Å². The minimum atomic E-state index is -0.726. The molecule has 3 aromatic carbocycles. The molecule has 1 atom stereocenters. The van der Waals surface area contributed by atoms with Crippen LogP contribution in [0, 0.1) is 6.92 Å². The Labute approximate surface area is 212 Å². The third-order valence-corrected chi connectivity index (χ3v) is 6.44. The van der Waals surface area contributed by atoms with Gasteiger partial charge in [0.25, 0.3) is 11.7 Å². The lowest BCUT2D eigenvalue weighted by atomic mass is 9.94. The average Bonchev–Trinajstić information content (AvgIpc) is 3.11. The van der Waals surface area contributed by atoms with Crippen LogP contribution >= 0.6 is 15.9 Å². The fraction of sp³-hybridized carbons (Fsp3) is 0.214. The minimum absolute atomic E-state index is 0.0604. The van der Waals surface area contributed by atoms with Gasteiger partial charge in [0.05, 0.1) is 18.2 Å². The Kier molecular flexibility index (Phi) is 7.68. The molecule has 0 bridgehead atoms. The van der Waals surface area contributed by atoms with Crippen molar-refractivity contribution in [2.24, 2.45) is 0 Å². The predicted octanol–water partition coefficient (Wildman–Crippen LogP) is 5.40. The molecule has 7 heteroatoms. The minimum Gasteiger partial charge on any atom is -0.507 e. The molecular weight excluding hydrogens is 510 g/mol. The Bertz CT molecular complexity index is 1270. The van der Waals surface area contributed by atoms with Gasteiger partial charge in [0, 0.05) is 23.7 Å². The van der Waals surface area contributed by atoms with E-state index in [0.717, 1.165) is 21.2 Å². The summed E-state index contributed by atoms with van der Waals surface area (Å²) >= 11 is 3.46. The van der Waals surface area contributed by atoms with E-state index in [1.807, 2.05) is 67.6 Å². The number of hydrogen-bond acceptors (Lipinski definition) is 5. The van der Waals surface area contributed by atoms with Crippen molar-refractivity contribution in [2.75, 3.05) is 20.3 Å². The molecule has 1 amide bonds. The first-order valence-electron chi connectivity index (χ1n) is 11.2. The molecule has 1 N–H and O–H groups in total. The number of likely N-dealkylation sites (tertiary alicyclic amines) is 1. The lowest BCUT2D eigenvalue weighted by Gasteiger charge is -2.25. The molecule has 35 heavy (non-hydrogen) atoms. The molecule has 3 aromatic rings. The number of aliphatic hydroxyl groups is 1. The summed E-state index contributed by atoms with van der Waals surface area (Å²) in [6, 6.07) is 21.8. The number of amides is 1. The molecule has 0 aromatic heterocycles. The highest BCUT2D eigenvalue weighted by Crippen LogP contribution is 2.40. The number of benzene rings is 3. The SMILES string of the molecule is COCCN1C(=O)C(=O)C(=C(O)c2ccc(OCc3ccccc3)cc2C)[C@H]1c1cccc(Br)c1. The van der Waals surface area contributed by atoms with Crippen LogP contribution in [0.15, 0.2) is 82.8 Å². The van der Waals surface area contributed by atoms with Crippen molar-refractivity contribution in [1.82, 2.24) is 4.90 Å². The fourth-order valence-electron chi connectivity index (χ4n) is 4.20. The van der Waals surface area contributed by atoms with Gasteiger partial charge in [-0.2, -0.15) is 0 Å². The Morgan fingerprint density at radius 1 is 1.03 bits per heavy atom. The molecule has 1 aliphatic rings. The van der Waals surface area contributed by atoms with Crippen LogP contribution in [-0.2, 0) is 20.9 Å². The largest absolute Gasteiger partial charge is 0.507 e. The van der Waals surface area contributed by atoms with Gasteiger partial charge in [0.1, 0.15) is 18.1 Å². The number of carbonyl (C=O) groups excluding carboxylic acids is 2. The highest BCUT2D eigenvalue weighted by molar-refractivity contribution is 9.10. The molecule has 1 fully saturated rings. The number of hydrogen-bond donors (Lipinski definition) is 1. The maximum atomic E-state index is 13.1. The topological polar surface area (TPSA) is 76.1 Å². The number of aliphatic hydroxyl groups excluding tert-OH is 1. The molecular formula is C28H26BrNO5. The van der Waals surface area contributed by atoms with Gasteiger partial charge in [-0.3, -0.25) is 9.59 Å². The van der Waals surface area contributed by atoms with Crippen LogP contribution in [0.1, 0.15) is 28.3 Å². The lowest BCUT2D eigenvalue weighted by molar-refractivity contribution is -0.140.